The molecule has 0 atom stereocenters. The van der Waals surface area contributed by atoms with Crippen LogP contribution in [0.2, 0.25) is 5.02 Å². The van der Waals surface area contributed by atoms with E-state index in [1.54, 1.807) is 12.1 Å². The molecular weight excluding hydrogens is 417 g/mol. The van der Waals surface area contributed by atoms with E-state index in [2.05, 4.69) is 15.6 Å². The zero-order chi connectivity index (χ0) is 21.9. The van der Waals surface area contributed by atoms with E-state index >= 15 is 0 Å². The molecule has 30 heavy (non-hydrogen) atoms. The number of hydrogen-bond acceptors (Lipinski definition) is 4. The number of benzene rings is 1. The number of aromatic nitrogens is 1. The second-order valence-electron chi connectivity index (χ2n) is 7.65. The molecule has 0 radical (unpaired) electrons. The summed E-state index contributed by atoms with van der Waals surface area (Å²) in [5, 5.41) is 7.07. The van der Waals surface area contributed by atoms with Crippen LogP contribution in [-0.4, -0.2) is 43.1 Å². The van der Waals surface area contributed by atoms with Gasteiger partial charge in [0.25, 0.3) is 0 Å². The zero-order valence-electron chi connectivity index (χ0n) is 17.0. The third kappa shape index (κ3) is 5.35. The van der Waals surface area contributed by atoms with Crippen molar-refractivity contribution in [1.82, 2.24) is 15.6 Å². The topological polar surface area (TPSA) is 57.3 Å². The Morgan fingerprint density at radius 2 is 1.93 bits per heavy atom. The van der Waals surface area contributed by atoms with Gasteiger partial charge in [0.1, 0.15) is 5.69 Å². The minimum atomic E-state index is -4.53. The predicted octanol–water partition coefficient (Wildman–Crippen LogP) is 4.38. The summed E-state index contributed by atoms with van der Waals surface area (Å²) in [6, 6.07) is 5.97. The molecule has 5 nitrogen and oxygen atoms in total. The standard InChI is InChI=1S/C21H26ClF3N4O/c1-3-26-12-20(30)27-14-5-7-15(8-6-14)29(2)18-11-19(21(23,24)25)28-17-9-4-13(22)10-16(17)18/h4,9-11,14-15,26H,3,5-8,12H2,1-2H3,(H,27,30)/t14-,15+. The van der Waals surface area contributed by atoms with Crippen LogP contribution in [0.5, 0.6) is 0 Å². The van der Waals surface area contributed by atoms with Gasteiger partial charge >= 0.3 is 6.18 Å². The quantitative estimate of drug-likeness (QED) is 0.697. The molecule has 0 spiro atoms. The molecule has 0 bridgehead atoms. The van der Waals surface area contributed by atoms with E-state index in [-0.39, 0.29) is 23.5 Å². The molecule has 0 aliphatic heterocycles. The lowest BCUT2D eigenvalue weighted by atomic mass is 9.90. The molecule has 2 N–H and O–H groups in total. The summed E-state index contributed by atoms with van der Waals surface area (Å²) in [6.45, 7) is 2.96. The summed E-state index contributed by atoms with van der Waals surface area (Å²) in [6.07, 6.45) is -1.42. The van der Waals surface area contributed by atoms with Gasteiger partial charge in [-0.05, 0) is 56.5 Å². The molecule has 1 aliphatic rings. The van der Waals surface area contributed by atoms with Gasteiger partial charge in [0.05, 0.1) is 12.1 Å². The first-order valence-corrected chi connectivity index (χ1v) is 10.5. The van der Waals surface area contributed by atoms with Crippen molar-refractivity contribution in [3.63, 3.8) is 0 Å². The fourth-order valence-corrected chi connectivity index (χ4v) is 4.11. The maximum Gasteiger partial charge on any atom is 0.433 e. The first-order valence-electron chi connectivity index (χ1n) is 10.1. The summed E-state index contributed by atoms with van der Waals surface area (Å²) in [5.74, 6) is -0.0294. The minimum absolute atomic E-state index is 0.0294. The van der Waals surface area contributed by atoms with Gasteiger partial charge in [-0.25, -0.2) is 4.98 Å². The number of likely N-dealkylation sites (N-methyl/N-ethyl adjacent to an activating group) is 1. The maximum absolute atomic E-state index is 13.4. The van der Waals surface area contributed by atoms with Gasteiger partial charge in [-0.2, -0.15) is 13.2 Å². The fourth-order valence-electron chi connectivity index (χ4n) is 3.94. The lowest BCUT2D eigenvalue weighted by molar-refractivity contribution is -0.140. The number of anilines is 1. The lowest BCUT2D eigenvalue weighted by Gasteiger charge is -2.37. The van der Waals surface area contributed by atoms with Crippen LogP contribution in [0.3, 0.4) is 0 Å². The third-order valence-corrected chi connectivity index (χ3v) is 5.80. The van der Waals surface area contributed by atoms with Crippen molar-refractivity contribution in [3.8, 4) is 0 Å². The Bertz CT molecular complexity index is 898. The largest absolute Gasteiger partial charge is 0.433 e. The molecule has 1 heterocycles. The number of nitrogens with one attached hydrogen (secondary N) is 2. The summed E-state index contributed by atoms with van der Waals surface area (Å²) < 4.78 is 40.2. The average molecular weight is 443 g/mol. The van der Waals surface area contributed by atoms with Crippen molar-refractivity contribution in [2.24, 2.45) is 0 Å². The van der Waals surface area contributed by atoms with Crippen molar-refractivity contribution in [2.45, 2.75) is 50.9 Å². The molecule has 164 valence electrons. The van der Waals surface area contributed by atoms with E-state index in [0.29, 0.717) is 22.6 Å². The smallest absolute Gasteiger partial charge is 0.371 e. The minimum Gasteiger partial charge on any atom is -0.371 e. The Labute approximate surface area is 179 Å². The number of hydrogen-bond donors (Lipinski definition) is 2. The number of pyridine rings is 1. The molecule has 1 fully saturated rings. The van der Waals surface area contributed by atoms with E-state index in [1.807, 2.05) is 18.9 Å². The fraction of sp³-hybridized carbons (Fsp3) is 0.524. The van der Waals surface area contributed by atoms with Gasteiger partial charge < -0.3 is 15.5 Å². The van der Waals surface area contributed by atoms with E-state index in [0.717, 1.165) is 38.3 Å². The Balaban J connectivity index is 1.77. The number of fused-ring (bicyclic) bond motifs is 1. The van der Waals surface area contributed by atoms with Gasteiger partial charge in [0.15, 0.2) is 0 Å². The van der Waals surface area contributed by atoms with Gasteiger partial charge in [-0.1, -0.05) is 18.5 Å². The molecule has 2 aromatic rings. The maximum atomic E-state index is 13.4. The molecule has 1 amide bonds. The SMILES string of the molecule is CCNCC(=O)N[C@H]1CC[C@@H](N(C)c2cc(C(F)(F)F)nc3ccc(Cl)cc23)CC1. The van der Waals surface area contributed by atoms with Crippen LogP contribution in [0.25, 0.3) is 10.9 Å². The first kappa shape index (κ1) is 22.6. The van der Waals surface area contributed by atoms with Crippen LogP contribution in [0.15, 0.2) is 24.3 Å². The second kappa shape index (κ2) is 9.39. The van der Waals surface area contributed by atoms with Crippen molar-refractivity contribution in [3.05, 3.63) is 35.0 Å². The molecule has 0 saturated heterocycles. The number of nitrogens with zero attached hydrogens (tertiary/aromatic N) is 2. The third-order valence-electron chi connectivity index (χ3n) is 5.56. The number of amides is 1. The van der Waals surface area contributed by atoms with Crippen molar-refractivity contribution >= 4 is 34.1 Å². The normalized spacial score (nSPS) is 19.7. The molecule has 3 rings (SSSR count). The molecular formula is C21H26ClF3N4O. The van der Waals surface area contributed by atoms with Gasteiger partial charge in [-0.15, -0.1) is 0 Å². The zero-order valence-corrected chi connectivity index (χ0v) is 17.8. The summed E-state index contributed by atoms with van der Waals surface area (Å²) in [7, 11) is 1.81. The predicted molar refractivity (Wildman–Crippen MR) is 113 cm³/mol. The van der Waals surface area contributed by atoms with Gasteiger partial charge in [0.2, 0.25) is 5.91 Å². The van der Waals surface area contributed by atoms with E-state index in [1.165, 1.54) is 6.07 Å². The molecule has 0 unspecified atom stereocenters. The Kier molecular flexibility index (Phi) is 7.08. The highest BCUT2D eigenvalue weighted by atomic mass is 35.5. The van der Waals surface area contributed by atoms with E-state index in [4.69, 9.17) is 11.6 Å². The number of carbonyl (C=O) groups is 1. The monoisotopic (exact) mass is 442 g/mol. The average Bonchev–Trinajstić information content (AvgIpc) is 2.70. The van der Waals surface area contributed by atoms with Crippen LogP contribution in [0, 0.1) is 0 Å². The summed E-state index contributed by atoms with van der Waals surface area (Å²) in [5.41, 5.74) is -0.182. The Morgan fingerprint density at radius 1 is 1.23 bits per heavy atom. The highest BCUT2D eigenvalue weighted by Crippen LogP contribution is 2.37. The number of halogens is 4. The summed E-state index contributed by atoms with van der Waals surface area (Å²) >= 11 is 6.10. The first-order chi connectivity index (χ1) is 14.2. The Morgan fingerprint density at radius 3 is 2.57 bits per heavy atom. The van der Waals surface area contributed by atoms with Gasteiger partial charge in [0, 0.05) is 35.2 Å². The molecule has 1 aromatic carbocycles. The number of alkyl halides is 3. The van der Waals surface area contributed by atoms with Crippen LogP contribution in [0.1, 0.15) is 38.3 Å². The van der Waals surface area contributed by atoms with Crippen LogP contribution >= 0.6 is 11.6 Å². The van der Waals surface area contributed by atoms with Gasteiger partial charge in [-0.3, -0.25) is 4.79 Å². The van der Waals surface area contributed by atoms with E-state index in [9.17, 15) is 18.0 Å². The van der Waals surface area contributed by atoms with E-state index < -0.39 is 11.9 Å². The molecule has 9 heteroatoms. The van der Waals surface area contributed by atoms with Crippen LogP contribution < -0.4 is 15.5 Å². The molecule has 1 aromatic heterocycles. The van der Waals surface area contributed by atoms with Crippen LogP contribution in [0.4, 0.5) is 18.9 Å². The van der Waals surface area contributed by atoms with Crippen LogP contribution in [-0.2, 0) is 11.0 Å². The number of rotatable bonds is 6. The molecule has 1 aliphatic carbocycles. The molecule has 1 saturated carbocycles. The van der Waals surface area contributed by atoms with Crippen molar-refractivity contribution in [2.75, 3.05) is 25.0 Å². The second-order valence-corrected chi connectivity index (χ2v) is 8.09. The van der Waals surface area contributed by atoms with Crippen molar-refractivity contribution in [1.29, 1.82) is 0 Å². The Hall–Kier alpha value is -2.06. The highest BCUT2D eigenvalue weighted by molar-refractivity contribution is 6.31. The lowest BCUT2D eigenvalue weighted by Crippen LogP contribution is -2.45. The van der Waals surface area contributed by atoms with Crippen molar-refractivity contribution < 1.29 is 18.0 Å². The summed E-state index contributed by atoms with van der Waals surface area (Å²) in [4.78, 5) is 17.6. The number of carbonyl (C=O) groups excluding carboxylic acids is 1. The highest BCUT2D eigenvalue weighted by Gasteiger charge is 2.34.